The molecule has 1 unspecified atom stereocenters. The van der Waals surface area contributed by atoms with Gasteiger partial charge in [-0.25, -0.2) is 9.80 Å². The van der Waals surface area contributed by atoms with Crippen molar-refractivity contribution < 1.29 is 22.7 Å². The molecular weight excluding hydrogens is 489 g/mol. The Labute approximate surface area is 201 Å². The number of nitrogens with zero attached hydrogens (tertiary/aromatic N) is 8. The second-order valence-corrected chi connectivity index (χ2v) is 7.75. The maximum absolute atomic E-state index is 13.4. The zero-order valence-corrected chi connectivity index (χ0v) is 18.8. The Morgan fingerprint density at radius 2 is 1.91 bits per heavy atom. The highest BCUT2D eigenvalue weighted by molar-refractivity contribution is 6.30. The van der Waals surface area contributed by atoms with Crippen LogP contribution in [0.25, 0.3) is 0 Å². The Morgan fingerprint density at radius 3 is 2.49 bits per heavy atom. The van der Waals surface area contributed by atoms with Crippen molar-refractivity contribution in [3.05, 3.63) is 64.9 Å². The third kappa shape index (κ3) is 5.49. The summed E-state index contributed by atoms with van der Waals surface area (Å²) in [6.45, 7) is 1.33. The van der Waals surface area contributed by atoms with Gasteiger partial charge in [0, 0.05) is 16.3 Å². The molecular formula is C21H16ClF3N8O2. The van der Waals surface area contributed by atoms with Gasteiger partial charge in [0.05, 0.1) is 18.3 Å². The van der Waals surface area contributed by atoms with E-state index < -0.39 is 24.2 Å². The summed E-state index contributed by atoms with van der Waals surface area (Å²) in [5, 5.41) is 27.5. The molecule has 0 N–H and O–H groups in total. The fourth-order valence-electron chi connectivity index (χ4n) is 3.40. The number of aromatic nitrogens is 4. The number of amides is 2. The number of alkyl halides is 3. The summed E-state index contributed by atoms with van der Waals surface area (Å²) in [5.41, 5.74) is 1.33. The maximum Gasteiger partial charge on any atom is 0.573 e. The first-order valence-electron chi connectivity index (χ1n) is 10.1. The van der Waals surface area contributed by atoms with E-state index in [1.54, 1.807) is 31.2 Å². The van der Waals surface area contributed by atoms with E-state index in [4.69, 9.17) is 11.6 Å². The van der Waals surface area contributed by atoms with E-state index in [0.29, 0.717) is 22.1 Å². The van der Waals surface area contributed by atoms with Crippen molar-refractivity contribution in [2.75, 3.05) is 18.0 Å². The average Bonchev–Trinajstić information content (AvgIpc) is 3.44. The monoisotopic (exact) mass is 504 g/mol. The number of anilines is 1. The van der Waals surface area contributed by atoms with Gasteiger partial charge < -0.3 is 4.74 Å². The second-order valence-electron chi connectivity index (χ2n) is 7.32. The Hall–Kier alpha value is -4.18. The number of hydrazone groups is 1. The first-order valence-corrected chi connectivity index (χ1v) is 10.4. The Morgan fingerprint density at radius 1 is 1.23 bits per heavy atom. The van der Waals surface area contributed by atoms with Gasteiger partial charge in [0.2, 0.25) is 0 Å². The number of aryl methyl sites for hydroxylation is 1. The van der Waals surface area contributed by atoms with Crippen LogP contribution in [0.1, 0.15) is 17.4 Å². The number of carbonyl (C=O) groups excluding carboxylic acids is 1. The van der Waals surface area contributed by atoms with Crippen molar-refractivity contribution in [3.8, 4) is 11.8 Å². The van der Waals surface area contributed by atoms with Crippen LogP contribution in [0.5, 0.6) is 5.75 Å². The van der Waals surface area contributed by atoms with Crippen molar-refractivity contribution in [2.45, 2.75) is 19.3 Å². The van der Waals surface area contributed by atoms with Crippen LogP contribution in [-0.4, -0.2) is 56.4 Å². The van der Waals surface area contributed by atoms with Crippen LogP contribution in [0.3, 0.4) is 0 Å². The summed E-state index contributed by atoms with van der Waals surface area (Å²) < 4.78 is 41.2. The summed E-state index contributed by atoms with van der Waals surface area (Å²) in [7, 11) is 0. The minimum atomic E-state index is -4.85. The SMILES string of the molecule is Cc1nnn(C2CN(C(=O)N(CC#N)c3ccc(OC(F)(F)F)cc3)N=C2c2ccc(Cl)cc2)n1. The van der Waals surface area contributed by atoms with E-state index >= 15 is 0 Å². The predicted octanol–water partition coefficient (Wildman–Crippen LogP) is 3.94. The number of hydrogen-bond acceptors (Lipinski definition) is 7. The lowest BCUT2D eigenvalue weighted by atomic mass is 10.0. The minimum Gasteiger partial charge on any atom is -0.406 e. The van der Waals surface area contributed by atoms with Gasteiger partial charge in [0.25, 0.3) is 0 Å². The zero-order chi connectivity index (χ0) is 25.2. The third-order valence-corrected chi connectivity index (χ3v) is 5.15. The smallest absolute Gasteiger partial charge is 0.406 e. The number of benzene rings is 2. The van der Waals surface area contributed by atoms with Crippen LogP contribution in [0.4, 0.5) is 23.7 Å². The lowest BCUT2D eigenvalue weighted by molar-refractivity contribution is -0.274. The standard InChI is InChI=1S/C21H16ClF3N8O2/c1-13-27-30-33(28-13)18-12-32(29-19(18)14-2-4-15(22)5-3-14)20(34)31(11-10-26)16-6-8-17(9-7-16)35-21(23,24)25/h2-9,18H,11-12H2,1H3. The highest BCUT2D eigenvalue weighted by Gasteiger charge is 2.36. The summed E-state index contributed by atoms with van der Waals surface area (Å²) in [5.74, 6) is -0.0278. The quantitative estimate of drug-likeness (QED) is 0.486. The van der Waals surface area contributed by atoms with Crippen LogP contribution in [0.15, 0.2) is 53.6 Å². The molecule has 1 aliphatic heterocycles. The first kappa shape index (κ1) is 24.0. The molecule has 0 saturated heterocycles. The van der Waals surface area contributed by atoms with Crippen LogP contribution < -0.4 is 9.64 Å². The van der Waals surface area contributed by atoms with E-state index in [2.05, 4.69) is 25.2 Å². The molecule has 10 nitrogen and oxygen atoms in total. The lowest BCUT2D eigenvalue weighted by Crippen LogP contribution is -2.41. The Bertz CT molecular complexity index is 1290. The average molecular weight is 505 g/mol. The van der Waals surface area contributed by atoms with Gasteiger partial charge in [-0.05, 0) is 48.5 Å². The number of tetrazole rings is 1. The highest BCUT2D eigenvalue weighted by atomic mass is 35.5. The molecule has 0 saturated carbocycles. The van der Waals surface area contributed by atoms with Gasteiger partial charge in [0.15, 0.2) is 5.82 Å². The molecule has 0 spiro atoms. The Kier molecular flexibility index (Phi) is 6.57. The lowest BCUT2D eigenvalue weighted by Gasteiger charge is -2.24. The van der Waals surface area contributed by atoms with E-state index in [9.17, 15) is 23.2 Å². The zero-order valence-electron chi connectivity index (χ0n) is 18.0. The maximum atomic E-state index is 13.4. The van der Waals surface area contributed by atoms with E-state index in [1.807, 2.05) is 6.07 Å². The number of ether oxygens (including phenoxy) is 1. The van der Waals surface area contributed by atoms with Crippen LogP contribution in [0, 0.1) is 18.3 Å². The second kappa shape index (κ2) is 9.59. The van der Waals surface area contributed by atoms with Crippen LogP contribution >= 0.6 is 11.6 Å². The summed E-state index contributed by atoms with van der Waals surface area (Å²) in [4.78, 5) is 15.8. The number of urea groups is 1. The molecule has 1 atom stereocenters. The van der Waals surface area contributed by atoms with Crippen LogP contribution in [0.2, 0.25) is 5.02 Å². The highest BCUT2D eigenvalue weighted by Crippen LogP contribution is 2.28. The predicted molar refractivity (Wildman–Crippen MR) is 118 cm³/mol. The van der Waals surface area contributed by atoms with Crippen LogP contribution in [-0.2, 0) is 0 Å². The molecule has 4 rings (SSSR count). The molecule has 0 fully saturated rings. The molecule has 0 radical (unpaired) electrons. The van der Waals surface area contributed by atoms with Crippen molar-refractivity contribution >= 4 is 29.0 Å². The minimum absolute atomic E-state index is 0.0315. The largest absolute Gasteiger partial charge is 0.573 e. The topological polar surface area (TPSA) is 113 Å². The van der Waals surface area contributed by atoms with Crippen molar-refractivity contribution in [1.29, 1.82) is 5.26 Å². The summed E-state index contributed by atoms with van der Waals surface area (Å²) in [6.07, 6.45) is -4.85. The van der Waals surface area contributed by atoms with E-state index in [-0.39, 0.29) is 18.8 Å². The number of hydrogen-bond donors (Lipinski definition) is 0. The van der Waals surface area contributed by atoms with Gasteiger partial charge in [-0.15, -0.1) is 23.4 Å². The van der Waals surface area contributed by atoms with E-state index in [1.165, 1.54) is 16.9 Å². The van der Waals surface area contributed by atoms with Crippen molar-refractivity contribution in [1.82, 2.24) is 25.2 Å². The van der Waals surface area contributed by atoms with Crippen molar-refractivity contribution in [3.63, 3.8) is 0 Å². The molecule has 0 aliphatic carbocycles. The Balaban J connectivity index is 1.64. The molecule has 35 heavy (non-hydrogen) atoms. The molecule has 0 bridgehead atoms. The van der Waals surface area contributed by atoms with E-state index in [0.717, 1.165) is 22.0 Å². The number of nitriles is 1. The summed E-state index contributed by atoms with van der Waals surface area (Å²) in [6, 6.07) is 12.1. The molecule has 2 heterocycles. The third-order valence-electron chi connectivity index (χ3n) is 4.90. The molecule has 1 aromatic heterocycles. The molecule has 3 aromatic rings. The first-order chi connectivity index (χ1) is 16.6. The van der Waals surface area contributed by atoms with Gasteiger partial charge in [-0.2, -0.15) is 15.2 Å². The molecule has 180 valence electrons. The van der Waals surface area contributed by atoms with Gasteiger partial charge in [-0.3, -0.25) is 4.90 Å². The fourth-order valence-corrected chi connectivity index (χ4v) is 3.53. The van der Waals surface area contributed by atoms with Gasteiger partial charge in [0.1, 0.15) is 18.3 Å². The molecule has 2 amide bonds. The molecule has 2 aromatic carbocycles. The summed E-state index contributed by atoms with van der Waals surface area (Å²) >= 11 is 5.99. The number of rotatable bonds is 5. The fraction of sp³-hybridized carbons (Fsp3) is 0.238. The molecule has 14 heteroatoms. The number of carbonyl (C=O) groups is 1. The van der Waals surface area contributed by atoms with Crippen molar-refractivity contribution in [2.24, 2.45) is 5.10 Å². The normalized spacial score (nSPS) is 15.5. The van der Waals surface area contributed by atoms with Gasteiger partial charge in [-0.1, -0.05) is 23.7 Å². The molecule has 1 aliphatic rings. The van der Waals surface area contributed by atoms with Gasteiger partial charge >= 0.3 is 12.4 Å². The number of halogens is 4.